The molecule has 0 fully saturated rings. The van der Waals surface area contributed by atoms with Crippen molar-refractivity contribution >= 4 is 16.6 Å². The monoisotopic (exact) mass is 292 g/mol. The molecule has 0 aliphatic heterocycles. The summed E-state index contributed by atoms with van der Waals surface area (Å²) in [6.45, 7) is 5.75. The predicted molar refractivity (Wildman–Crippen MR) is 80.2 cm³/mol. The Morgan fingerprint density at radius 3 is 2.57 bits per heavy atom. The van der Waals surface area contributed by atoms with Gasteiger partial charge < -0.3 is 14.0 Å². The molecule has 0 aliphatic carbocycles. The number of non-ortho nitro benzene ring substituents is 1. The molecule has 1 aromatic carbocycles. The fourth-order valence-corrected chi connectivity index (χ4v) is 2.31. The van der Waals surface area contributed by atoms with Crippen molar-refractivity contribution in [2.75, 3.05) is 13.2 Å². The van der Waals surface area contributed by atoms with Gasteiger partial charge in [0.05, 0.1) is 10.4 Å². The smallest absolute Gasteiger partial charge is 0.271 e. The quantitative estimate of drug-likeness (QED) is 0.425. The average molecular weight is 292 g/mol. The molecule has 21 heavy (non-hydrogen) atoms. The molecule has 0 N–H and O–H groups in total. The lowest BCUT2D eigenvalue weighted by Crippen LogP contribution is -2.19. The van der Waals surface area contributed by atoms with Crippen LogP contribution < -0.4 is 0 Å². The largest absolute Gasteiger partial charge is 0.353 e. The lowest BCUT2D eigenvalue weighted by Gasteiger charge is -2.17. The average Bonchev–Trinajstić information content (AvgIpc) is 2.87. The number of fused-ring (bicyclic) bond motifs is 1. The molecule has 1 aromatic heterocycles. The maximum absolute atomic E-state index is 10.9. The molecule has 2 aromatic rings. The van der Waals surface area contributed by atoms with Crippen LogP contribution in [0.4, 0.5) is 5.69 Å². The number of nitro benzene ring substituents is 1. The summed E-state index contributed by atoms with van der Waals surface area (Å²) in [5.74, 6) is 0. The molecule has 6 heteroatoms. The minimum Gasteiger partial charge on any atom is -0.353 e. The van der Waals surface area contributed by atoms with Crippen LogP contribution in [-0.2, 0) is 16.0 Å². The van der Waals surface area contributed by atoms with Crippen molar-refractivity contribution in [1.82, 2.24) is 4.57 Å². The van der Waals surface area contributed by atoms with Gasteiger partial charge in [0, 0.05) is 49.9 Å². The van der Waals surface area contributed by atoms with Gasteiger partial charge in [-0.3, -0.25) is 10.1 Å². The molecule has 0 aliphatic rings. The van der Waals surface area contributed by atoms with Crippen LogP contribution in [0.5, 0.6) is 0 Å². The standard InChI is InChI=1S/C15H20N2O4/c1-3-20-15(21-4-2)8-10-16-9-7-12-5-6-13(17(18)19)11-14(12)16/h5-7,9,11,15H,3-4,8,10H2,1-2H3. The zero-order chi connectivity index (χ0) is 15.2. The molecule has 2 rings (SSSR count). The summed E-state index contributed by atoms with van der Waals surface area (Å²) >= 11 is 0. The molecule has 0 amide bonds. The van der Waals surface area contributed by atoms with Crippen LogP contribution in [0.15, 0.2) is 30.5 Å². The number of nitrogens with zero attached hydrogens (tertiary/aromatic N) is 2. The summed E-state index contributed by atoms with van der Waals surface area (Å²) in [5.41, 5.74) is 0.963. The van der Waals surface area contributed by atoms with Gasteiger partial charge in [-0.2, -0.15) is 0 Å². The van der Waals surface area contributed by atoms with E-state index in [0.29, 0.717) is 26.2 Å². The van der Waals surface area contributed by atoms with Crippen molar-refractivity contribution in [1.29, 1.82) is 0 Å². The first-order valence-corrected chi connectivity index (χ1v) is 7.12. The molecule has 1 heterocycles. The third-order valence-electron chi connectivity index (χ3n) is 3.28. The first-order valence-electron chi connectivity index (χ1n) is 7.12. The third-order valence-corrected chi connectivity index (χ3v) is 3.28. The first kappa shape index (κ1) is 15.5. The van der Waals surface area contributed by atoms with Crippen molar-refractivity contribution in [3.63, 3.8) is 0 Å². The van der Waals surface area contributed by atoms with Gasteiger partial charge in [0.15, 0.2) is 6.29 Å². The van der Waals surface area contributed by atoms with Crippen LogP contribution in [0.25, 0.3) is 10.9 Å². The summed E-state index contributed by atoms with van der Waals surface area (Å²) in [5, 5.41) is 11.9. The van der Waals surface area contributed by atoms with E-state index in [1.165, 1.54) is 6.07 Å². The molecule has 0 saturated heterocycles. The Bertz CT molecular complexity index is 603. The van der Waals surface area contributed by atoms with Crippen LogP contribution in [-0.4, -0.2) is 29.0 Å². The number of hydrogen-bond donors (Lipinski definition) is 0. The topological polar surface area (TPSA) is 66.5 Å². The summed E-state index contributed by atoms with van der Waals surface area (Å²) in [7, 11) is 0. The molecule has 0 bridgehead atoms. The Hall–Kier alpha value is -1.92. The first-order chi connectivity index (χ1) is 10.2. The Balaban J connectivity index is 2.14. The Kier molecular flexibility index (Phi) is 5.30. The van der Waals surface area contributed by atoms with Crippen LogP contribution in [0.3, 0.4) is 0 Å². The normalized spacial score (nSPS) is 11.4. The van der Waals surface area contributed by atoms with Crippen LogP contribution in [0.2, 0.25) is 0 Å². The summed E-state index contributed by atoms with van der Waals surface area (Å²) in [6.07, 6.45) is 2.40. The van der Waals surface area contributed by atoms with Gasteiger partial charge in [-0.25, -0.2) is 0 Å². The van der Waals surface area contributed by atoms with E-state index >= 15 is 0 Å². The Labute approximate surface area is 123 Å². The lowest BCUT2D eigenvalue weighted by atomic mass is 10.2. The summed E-state index contributed by atoms with van der Waals surface area (Å²) < 4.78 is 13.0. The Morgan fingerprint density at radius 2 is 1.95 bits per heavy atom. The zero-order valence-corrected chi connectivity index (χ0v) is 12.3. The Morgan fingerprint density at radius 1 is 1.24 bits per heavy atom. The van der Waals surface area contributed by atoms with Crippen molar-refractivity contribution in [3.8, 4) is 0 Å². The van der Waals surface area contributed by atoms with Gasteiger partial charge in [-0.1, -0.05) is 0 Å². The van der Waals surface area contributed by atoms with Gasteiger partial charge in [-0.05, 0) is 26.0 Å². The highest BCUT2D eigenvalue weighted by Crippen LogP contribution is 2.22. The van der Waals surface area contributed by atoms with E-state index in [4.69, 9.17) is 9.47 Å². The third kappa shape index (κ3) is 3.80. The zero-order valence-electron chi connectivity index (χ0n) is 12.3. The molecular weight excluding hydrogens is 272 g/mol. The number of rotatable bonds is 8. The van der Waals surface area contributed by atoms with E-state index in [-0.39, 0.29) is 16.9 Å². The molecule has 0 spiro atoms. The second kappa shape index (κ2) is 7.19. The van der Waals surface area contributed by atoms with Crippen molar-refractivity contribution in [3.05, 3.63) is 40.6 Å². The molecule has 0 atom stereocenters. The van der Waals surface area contributed by atoms with Gasteiger partial charge in [0.25, 0.3) is 5.69 Å². The van der Waals surface area contributed by atoms with Crippen molar-refractivity contribution in [2.45, 2.75) is 33.1 Å². The maximum Gasteiger partial charge on any atom is 0.271 e. The summed E-state index contributed by atoms with van der Waals surface area (Å²) in [6, 6.07) is 6.85. The van der Waals surface area contributed by atoms with E-state index in [2.05, 4.69) is 0 Å². The SMILES string of the molecule is CCOC(CCn1ccc2ccc([N+](=O)[O-])cc21)OCC. The number of aromatic nitrogens is 1. The molecule has 0 saturated carbocycles. The highest BCUT2D eigenvalue weighted by atomic mass is 16.7. The van der Waals surface area contributed by atoms with E-state index in [1.54, 1.807) is 12.1 Å². The fourth-order valence-electron chi connectivity index (χ4n) is 2.31. The van der Waals surface area contributed by atoms with Gasteiger partial charge in [-0.15, -0.1) is 0 Å². The molecule has 0 unspecified atom stereocenters. The van der Waals surface area contributed by atoms with Gasteiger partial charge >= 0.3 is 0 Å². The van der Waals surface area contributed by atoms with Crippen LogP contribution in [0.1, 0.15) is 20.3 Å². The molecule has 0 radical (unpaired) electrons. The number of nitro groups is 1. The predicted octanol–water partition coefficient (Wildman–Crippen LogP) is 3.34. The summed E-state index contributed by atoms with van der Waals surface area (Å²) in [4.78, 5) is 10.5. The van der Waals surface area contributed by atoms with Crippen molar-refractivity contribution in [2.24, 2.45) is 0 Å². The lowest BCUT2D eigenvalue weighted by molar-refractivity contribution is -0.384. The fraction of sp³-hybridized carbons (Fsp3) is 0.467. The van der Waals surface area contributed by atoms with Crippen molar-refractivity contribution < 1.29 is 14.4 Å². The molecule has 6 nitrogen and oxygen atoms in total. The van der Waals surface area contributed by atoms with Crippen LogP contribution >= 0.6 is 0 Å². The van der Waals surface area contributed by atoms with Crippen LogP contribution in [0, 0.1) is 10.1 Å². The maximum atomic E-state index is 10.9. The number of aryl methyl sites for hydroxylation is 1. The highest BCUT2D eigenvalue weighted by molar-refractivity contribution is 5.82. The van der Waals surface area contributed by atoms with E-state index < -0.39 is 0 Å². The van der Waals surface area contributed by atoms with E-state index in [0.717, 1.165) is 10.9 Å². The number of benzene rings is 1. The van der Waals surface area contributed by atoms with E-state index in [1.807, 2.05) is 30.7 Å². The molecule has 114 valence electrons. The number of hydrogen-bond acceptors (Lipinski definition) is 4. The number of ether oxygens (including phenoxy) is 2. The highest BCUT2D eigenvalue weighted by Gasteiger charge is 2.12. The second-order valence-electron chi connectivity index (χ2n) is 4.64. The minimum absolute atomic E-state index is 0.105. The van der Waals surface area contributed by atoms with E-state index in [9.17, 15) is 10.1 Å². The molecular formula is C15H20N2O4. The second-order valence-corrected chi connectivity index (χ2v) is 4.64. The van der Waals surface area contributed by atoms with Gasteiger partial charge in [0.1, 0.15) is 0 Å². The van der Waals surface area contributed by atoms with Gasteiger partial charge in [0.2, 0.25) is 0 Å². The minimum atomic E-state index is -0.375.